The molecule has 0 aliphatic carbocycles. The van der Waals surface area contributed by atoms with E-state index in [9.17, 15) is 4.79 Å². The minimum absolute atomic E-state index is 0. The summed E-state index contributed by atoms with van der Waals surface area (Å²) in [6.07, 6.45) is 2.87. The molecular weight excluding hydrogens is 200 g/mol. The summed E-state index contributed by atoms with van der Waals surface area (Å²) in [5.41, 5.74) is 8.38. The fraction of sp³-hybridized carbons (Fsp3) is 0.400. The summed E-state index contributed by atoms with van der Waals surface area (Å²) in [5.74, 6) is -0.261. The largest absolute Gasteiger partial charge is 0.370 e. The molecule has 3 nitrogen and oxygen atoms in total. The number of amides is 1. The van der Waals surface area contributed by atoms with Gasteiger partial charge >= 0.3 is 0 Å². The van der Waals surface area contributed by atoms with Crippen molar-refractivity contribution < 1.29 is 4.79 Å². The second-order valence-electron chi connectivity index (χ2n) is 3.16. The first-order valence-electron chi connectivity index (χ1n) is 4.30. The summed E-state index contributed by atoms with van der Waals surface area (Å²) in [5, 5.41) is 0. The van der Waals surface area contributed by atoms with Gasteiger partial charge in [0.15, 0.2) is 0 Å². The van der Waals surface area contributed by atoms with Crippen molar-refractivity contribution in [3.63, 3.8) is 0 Å². The average molecular weight is 215 g/mol. The van der Waals surface area contributed by atoms with E-state index < -0.39 is 0 Å². The topological polar surface area (TPSA) is 56.0 Å². The highest BCUT2D eigenvalue weighted by molar-refractivity contribution is 5.85. The highest BCUT2D eigenvalue weighted by Crippen LogP contribution is 2.12. The summed E-state index contributed by atoms with van der Waals surface area (Å²) >= 11 is 0. The normalized spacial score (nSPS) is 9.29. The highest BCUT2D eigenvalue weighted by atomic mass is 35.5. The Morgan fingerprint density at radius 1 is 1.50 bits per heavy atom. The number of nitrogens with two attached hydrogens (primary N) is 1. The number of carbonyl (C=O) groups excluding carboxylic acids is 1. The summed E-state index contributed by atoms with van der Waals surface area (Å²) in [6.45, 7) is 3.97. The minimum atomic E-state index is -0.261. The smallest absolute Gasteiger partial charge is 0.217 e. The SMILES string of the molecule is Cc1ccnc(C)c1CCC(N)=O.Cl. The molecule has 0 unspecified atom stereocenters. The van der Waals surface area contributed by atoms with E-state index >= 15 is 0 Å². The summed E-state index contributed by atoms with van der Waals surface area (Å²) in [4.78, 5) is 14.8. The number of nitrogens with zero attached hydrogens (tertiary/aromatic N) is 1. The van der Waals surface area contributed by atoms with Crippen LogP contribution < -0.4 is 5.73 Å². The van der Waals surface area contributed by atoms with Crippen molar-refractivity contribution in [1.82, 2.24) is 4.98 Å². The molecule has 1 aromatic heterocycles. The lowest BCUT2D eigenvalue weighted by atomic mass is 10.0. The van der Waals surface area contributed by atoms with E-state index in [1.54, 1.807) is 6.20 Å². The van der Waals surface area contributed by atoms with Crippen molar-refractivity contribution in [2.24, 2.45) is 5.73 Å². The molecule has 2 N–H and O–H groups in total. The van der Waals surface area contributed by atoms with Crippen molar-refractivity contribution in [1.29, 1.82) is 0 Å². The molecule has 4 heteroatoms. The number of halogens is 1. The van der Waals surface area contributed by atoms with Crippen LogP contribution in [0.25, 0.3) is 0 Å². The zero-order valence-corrected chi connectivity index (χ0v) is 9.23. The van der Waals surface area contributed by atoms with E-state index in [2.05, 4.69) is 4.98 Å². The van der Waals surface area contributed by atoms with Gasteiger partial charge < -0.3 is 5.73 Å². The molecule has 0 bridgehead atoms. The molecule has 0 aromatic carbocycles. The zero-order valence-electron chi connectivity index (χ0n) is 8.41. The number of carbonyl (C=O) groups is 1. The number of hydrogen-bond donors (Lipinski definition) is 1. The second-order valence-corrected chi connectivity index (χ2v) is 3.16. The quantitative estimate of drug-likeness (QED) is 0.830. The van der Waals surface area contributed by atoms with Crippen molar-refractivity contribution in [2.45, 2.75) is 26.7 Å². The Labute approximate surface area is 90.1 Å². The summed E-state index contributed by atoms with van der Waals surface area (Å²) < 4.78 is 0. The Hall–Kier alpha value is -1.09. The van der Waals surface area contributed by atoms with Crippen LogP contribution in [-0.4, -0.2) is 10.9 Å². The number of rotatable bonds is 3. The molecule has 0 aliphatic rings. The van der Waals surface area contributed by atoms with Crippen molar-refractivity contribution in [3.8, 4) is 0 Å². The lowest BCUT2D eigenvalue weighted by Gasteiger charge is -2.06. The van der Waals surface area contributed by atoms with Gasteiger partial charge in [-0.05, 0) is 37.5 Å². The van der Waals surface area contributed by atoms with Gasteiger partial charge in [-0.3, -0.25) is 9.78 Å². The van der Waals surface area contributed by atoms with Gasteiger partial charge in [-0.15, -0.1) is 12.4 Å². The first kappa shape index (κ1) is 12.9. The zero-order chi connectivity index (χ0) is 9.84. The lowest BCUT2D eigenvalue weighted by molar-refractivity contribution is -0.117. The molecule has 1 aromatic rings. The van der Waals surface area contributed by atoms with Gasteiger partial charge in [0.05, 0.1) is 0 Å². The Balaban J connectivity index is 0.00000169. The number of pyridine rings is 1. The van der Waals surface area contributed by atoms with Crippen molar-refractivity contribution >= 4 is 18.3 Å². The number of aryl methyl sites for hydroxylation is 2. The second kappa shape index (κ2) is 5.60. The Morgan fingerprint density at radius 3 is 2.64 bits per heavy atom. The maximum Gasteiger partial charge on any atom is 0.217 e. The van der Waals surface area contributed by atoms with Gasteiger partial charge in [0, 0.05) is 18.3 Å². The molecule has 1 rings (SSSR count). The monoisotopic (exact) mass is 214 g/mol. The molecule has 14 heavy (non-hydrogen) atoms. The number of aromatic nitrogens is 1. The fourth-order valence-electron chi connectivity index (χ4n) is 1.35. The van der Waals surface area contributed by atoms with Crippen LogP contribution >= 0.6 is 12.4 Å². The third kappa shape index (κ3) is 3.34. The molecule has 1 amide bonds. The maximum absolute atomic E-state index is 10.6. The molecule has 0 spiro atoms. The lowest BCUT2D eigenvalue weighted by Crippen LogP contribution is -2.12. The first-order chi connectivity index (χ1) is 6.11. The van der Waals surface area contributed by atoms with Gasteiger partial charge in [-0.1, -0.05) is 0 Å². The van der Waals surface area contributed by atoms with E-state index in [1.165, 1.54) is 5.56 Å². The highest BCUT2D eigenvalue weighted by Gasteiger charge is 2.04. The minimum Gasteiger partial charge on any atom is -0.370 e. The van der Waals surface area contributed by atoms with Crippen LogP contribution in [0, 0.1) is 13.8 Å². The van der Waals surface area contributed by atoms with Gasteiger partial charge in [-0.2, -0.15) is 0 Å². The van der Waals surface area contributed by atoms with Gasteiger partial charge in [0.25, 0.3) is 0 Å². The van der Waals surface area contributed by atoms with E-state index in [4.69, 9.17) is 5.73 Å². The molecular formula is C10H15ClN2O. The molecule has 0 saturated carbocycles. The van der Waals surface area contributed by atoms with E-state index in [0.717, 1.165) is 11.3 Å². The summed E-state index contributed by atoms with van der Waals surface area (Å²) in [7, 11) is 0. The molecule has 0 fully saturated rings. The molecule has 78 valence electrons. The van der Waals surface area contributed by atoms with Gasteiger partial charge in [0.1, 0.15) is 0 Å². The van der Waals surface area contributed by atoms with Crippen molar-refractivity contribution in [2.75, 3.05) is 0 Å². The Bertz CT molecular complexity index is 306. The van der Waals surface area contributed by atoms with Crippen LogP contribution in [0.1, 0.15) is 23.2 Å². The van der Waals surface area contributed by atoms with Crippen LogP contribution in [-0.2, 0) is 11.2 Å². The fourth-order valence-corrected chi connectivity index (χ4v) is 1.35. The Kier molecular flexibility index (Phi) is 5.16. The first-order valence-corrected chi connectivity index (χ1v) is 4.30. The van der Waals surface area contributed by atoms with E-state index in [0.29, 0.717) is 12.8 Å². The van der Waals surface area contributed by atoms with Crippen LogP contribution in [0.15, 0.2) is 12.3 Å². The van der Waals surface area contributed by atoms with Gasteiger partial charge in [-0.25, -0.2) is 0 Å². The van der Waals surface area contributed by atoms with Crippen molar-refractivity contribution in [3.05, 3.63) is 29.1 Å². The third-order valence-corrected chi connectivity index (χ3v) is 2.13. The molecule has 0 aliphatic heterocycles. The molecule has 0 saturated heterocycles. The number of hydrogen-bond acceptors (Lipinski definition) is 2. The Morgan fingerprint density at radius 2 is 2.14 bits per heavy atom. The standard InChI is InChI=1S/C10H14N2O.ClH/c1-7-5-6-12-8(2)9(7)3-4-10(11)13;/h5-6H,3-4H2,1-2H3,(H2,11,13);1H. The summed E-state index contributed by atoms with van der Waals surface area (Å²) in [6, 6.07) is 1.95. The van der Waals surface area contributed by atoms with E-state index in [1.807, 2.05) is 19.9 Å². The van der Waals surface area contributed by atoms with Gasteiger partial charge in [0.2, 0.25) is 5.91 Å². The predicted octanol–water partition coefficient (Wildman–Crippen LogP) is 1.54. The predicted molar refractivity (Wildman–Crippen MR) is 58.5 cm³/mol. The molecule has 0 radical (unpaired) electrons. The molecule has 0 atom stereocenters. The third-order valence-electron chi connectivity index (χ3n) is 2.13. The van der Waals surface area contributed by atoms with Crippen LogP contribution in [0.4, 0.5) is 0 Å². The maximum atomic E-state index is 10.6. The van der Waals surface area contributed by atoms with Crippen LogP contribution in [0.3, 0.4) is 0 Å². The van der Waals surface area contributed by atoms with Crippen LogP contribution in [0.5, 0.6) is 0 Å². The average Bonchev–Trinajstić information content (AvgIpc) is 2.03. The van der Waals surface area contributed by atoms with E-state index in [-0.39, 0.29) is 18.3 Å². The number of primary amides is 1. The van der Waals surface area contributed by atoms with Crippen LogP contribution in [0.2, 0.25) is 0 Å². The molecule has 1 heterocycles.